The van der Waals surface area contributed by atoms with E-state index in [2.05, 4.69) is 15.4 Å². The van der Waals surface area contributed by atoms with Crippen LogP contribution in [0.1, 0.15) is 58.1 Å². The highest BCUT2D eigenvalue weighted by atomic mass is 35.5. The van der Waals surface area contributed by atoms with Gasteiger partial charge in [-0.1, -0.05) is 23.7 Å². The monoisotopic (exact) mass is 509 g/mol. The van der Waals surface area contributed by atoms with Crippen LogP contribution < -0.4 is 16.6 Å². The minimum atomic E-state index is -0.458. The van der Waals surface area contributed by atoms with Crippen molar-refractivity contribution in [2.24, 2.45) is 0 Å². The molecule has 8 nitrogen and oxygen atoms in total. The van der Waals surface area contributed by atoms with Gasteiger partial charge in [0, 0.05) is 33.9 Å². The summed E-state index contributed by atoms with van der Waals surface area (Å²) in [5.74, 6) is 0. The summed E-state index contributed by atoms with van der Waals surface area (Å²) in [7, 11) is 0. The first-order valence-corrected chi connectivity index (χ1v) is 12.4. The highest BCUT2D eigenvalue weighted by Gasteiger charge is 2.39. The number of hydrogen-bond acceptors (Lipinski definition) is 6. The molecule has 1 aliphatic carbocycles. The summed E-state index contributed by atoms with van der Waals surface area (Å²) >= 11 is 6.32. The van der Waals surface area contributed by atoms with Gasteiger partial charge in [0.2, 0.25) is 0 Å². The Balaban J connectivity index is 1.59. The van der Waals surface area contributed by atoms with Crippen LogP contribution in [-0.4, -0.2) is 33.0 Å². The number of aromatic nitrogens is 3. The third-order valence-corrected chi connectivity index (χ3v) is 6.81. The first kappa shape index (κ1) is 25.7. The van der Waals surface area contributed by atoms with Crippen molar-refractivity contribution in [1.29, 1.82) is 0 Å². The predicted octanol–water partition coefficient (Wildman–Crippen LogP) is 5.12. The normalized spacial score (nSPS) is 20.1. The van der Waals surface area contributed by atoms with Gasteiger partial charge < -0.3 is 15.8 Å². The third-order valence-electron chi connectivity index (χ3n) is 6.57. The Kier molecular flexibility index (Phi) is 7.36. The Hall–Kier alpha value is -3.39. The van der Waals surface area contributed by atoms with Crippen LogP contribution in [-0.2, 0) is 10.2 Å². The number of rotatable bonds is 5. The molecule has 3 N–H and O–H groups in total. The zero-order valence-electron chi connectivity index (χ0n) is 20.8. The van der Waals surface area contributed by atoms with Crippen LogP contribution in [0.2, 0.25) is 5.02 Å². The molecule has 0 aliphatic heterocycles. The number of ether oxygens (including phenoxy) is 1. The summed E-state index contributed by atoms with van der Waals surface area (Å²) in [4.78, 5) is 29.5. The molecule has 1 amide bonds. The lowest BCUT2D eigenvalue weighted by Crippen LogP contribution is -2.44. The van der Waals surface area contributed by atoms with E-state index in [-0.39, 0.29) is 23.9 Å². The largest absolute Gasteiger partial charge is 0.449 e. The number of benzene rings is 1. The molecule has 2 aromatic heterocycles. The Morgan fingerprint density at radius 3 is 2.61 bits per heavy atom. The molecule has 2 heterocycles. The second-order valence-electron chi connectivity index (χ2n) is 10.4. The number of carbonyl (C=O) groups excluding carboxylic acids is 1. The molecule has 1 aliphatic rings. The van der Waals surface area contributed by atoms with Crippen LogP contribution in [0.15, 0.2) is 59.7 Å². The summed E-state index contributed by atoms with van der Waals surface area (Å²) in [5.41, 5.74) is 7.52. The number of pyridine rings is 1. The van der Waals surface area contributed by atoms with Crippen molar-refractivity contribution in [2.75, 3.05) is 12.3 Å². The van der Waals surface area contributed by atoms with Gasteiger partial charge in [0.05, 0.1) is 11.7 Å². The van der Waals surface area contributed by atoms with Crippen LogP contribution in [0.5, 0.6) is 0 Å². The molecule has 4 rings (SSSR count). The van der Waals surface area contributed by atoms with E-state index in [0.29, 0.717) is 36.4 Å². The van der Waals surface area contributed by atoms with Gasteiger partial charge in [0.15, 0.2) is 0 Å². The van der Waals surface area contributed by atoms with Crippen molar-refractivity contribution in [3.05, 3.63) is 75.8 Å². The first-order valence-electron chi connectivity index (χ1n) is 12.1. The minimum Gasteiger partial charge on any atom is -0.449 e. The van der Waals surface area contributed by atoms with Gasteiger partial charge in [0.1, 0.15) is 12.3 Å². The quantitative estimate of drug-likeness (QED) is 0.493. The lowest BCUT2D eigenvalue weighted by atomic mass is 9.68. The molecule has 0 radical (unpaired) electrons. The molecular weight excluding hydrogens is 478 g/mol. The van der Waals surface area contributed by atoms with Crippen molar-refractivity contribution in [2.45, 2.75) is 63.5 Å². The predicted molar refractivity (Wildman–Crippen MR) is 141 cm³/mol. The standard InChI is InChI=1S/C27H32ClN5O3/c1-26(2,3)31-25(35)36-17-27(19-7-4-8-20(28)14-19)11-9-21(10-12-27)33-24(34)22(29)15-23(32-33)18-6-5-13-30-16-18/h4-8,13-16,21H,9-12,17,29H2,1-3H3,(H,31,35). The Bertz CT molecular complexity index is 1280. The van der Waals surface area contributed by atoms with Gasteiger partial charge in [-0.25, -0.2) is 9.48 Å². The molecule has 0 saturated heterocycles. The molecule has 1 saturated carbocycles. The van der Waals surface area contributed by atoms with Gasteiger partial charge in [-0.2, -0.15) is 5.10 Å². The SMILES string of the molecule is CC(C)(C)NC(=O)OCC1(c2cccc(Cl)c2)CCC(n2nc(-c3cccnc3)cc(N)c2=O)CC1. The number of amides is 1. The van der Waals surface area contributed by atoms with Gasteiger partial charge >= 0.3 is 6.09 Å². The Labute approximate surface area is 215 Å². The van der Waals surface area contributed by atoms with Gasteiger partial charge in [-0.3, -0.25) is 9.78 Å². The van der Waals surface area contributed by atoms with E-state index >= 15 is 0 Å². The van der Waals surface area contributed by atoms with Crippen molar-refractivity contribution >= 4 is 23.4 Å². The van der Waals surface area contributed by atoms with Crippen LogP contribution in [0.4, 0.5) is 10.5 Å². The highest BCUT2D eigenvalue weighted by Crippen LogP contribution is 2.44. The topological polar surface area (TPSA) is 112 Å². The molecule has 1 fully saturated rings. The fraction of sp³-hybridized carbons (Fsp3) is 0.407. The number of hydrogen-bond donors (Lipinski definition) is 2. The zero-order valence-corrected chi connectivity index (χ0v) is 21.6. The highest BCUT2D eigenvalue weighted by molar-refractivity contribution is 6.30. The molecule has 190 valence electrons. The van der Waals surface area contributed by atoms with Gasteiger partial charge in [-0.05, 0) is 82.3 Å². The number of nitrogen functional groups attached to an aromatic ring is 1. The molecule has 0 atom stereocenters. The molecule has 9 heteroatoms. The zero-order chi connectivity index (χ0) is 25.9. The maximum absolute atomic E-state index is 12.9. The fourth-order valence-electron chi connectivity index (χ4n) is 4.71. The number of halogens is 1. The third kappa shape index (κ3) is 5.87. The van der Waals surface area contributed by atoms with Crippen LogP contribution in [0.25, 0.3) is 11.3 Å². The number of carbonyl (C=O) groups is 1. The van der Waals surface area contributed by atoms with Gasteiger partial charge in [-0.15, -0.1) is 0 Å². The molecular formula is C27H32ClN5O3. The number of nitrogens with two attached hydrogens (primary N) is 1. The minimum absolute atomic E-state index is 0.132. The number of alkyl carbamates (subject to hydrolysis) is 1. The number of anilines is 1. The second-order valence-corrected chi connectivity index (χ2v) is 10.9. The van der Waals surface area contributed by atoms with Crippen molar-refractivity contribution < 1.29 is 9.53 Å². The smallest absolute Gasteiger partial charge is 0.407 e. The van der Waals surface area contributed by atoms with E-state index < -0.39 is 17.0 Å². The Morgan fingerprint density at radius 2 is 1.97 bits per heavy atom. The lowest BCUT2D eigenvalue weighted by Gasteiger charge is -2.40. The summed E-state index contributed by atoms with van der Waals surface area (Å²) in [5, 5.41) is 8.12. The molecule has 3 aromatic rings. The van der Waals surface area contributed by atoms with Crippen molar-refractivity contribution in [3.8, 4) is 11.3 Å². The number of nitrogens with zero attached hydrogens (tertiary/aromatic N) is 3. The van der Waals surface area contributed by atoms with E-state index in [4.69, 9.17) is 22.1 Å². The second kappa shape index (κ2) is 10.3. The maximum atomic E-state index is 12.9. The average Bonchev–Trinajstić information content (AvgIpc) is 2.84. The van der Waals surface area contributed by atoms with Crippen molar-refractivity contribution in [3.63, 3.8) is 0 Å². The Morgan fingerprint density at radius 1 is 1.22 bits per heavy atom. The van der Waals surface area contributed by atoms with Crippen LogP contribution >= 0.6 is 11.6 Å². The van der Waals surface area contributed by atoms with E-state index in [0.717, 1.165) is 11.1 Å². The maximum Gasteiger partial charge on any atom is 0.407 e. The van der Waals surface area contributed by atoms with Crippen molar-refractivity contribution in [1.82, 2.24) is 20.1 Å². The van der Waals surface area contributed by atoms with Crippen LogP contribution in [0, 0.1) is 0 Å². The summed E-state index contributed by atoms with van der Waals surface area (Å²) in [6.07, 6.45) is 5.63. The molecule has 1 aromatic carbocycles. The molecule has 0 unspecified atom stereocenters. The fourth-order valence-corrected chi connectivity index (χ4v) is 4.91. The molecule has 0 bridgehead atoms. The van der Waals surface area contributed by atoms with E-state index in [1.165, 1.54) is 4.68 Å². The summed E-state index contributed by atoms with van der Waals surface area (Å²) in [6, 6.07) is 12.8. The van der Waals surface area contributed by atoms with E-state index in [9.17, 15) is 9.59 Å². The first-order chi connectivity index (χ1) is 17.1. The average molecular weight is 510 g/mol. The van der Waals surface area contributed by atoms with E-state index in [1.54, 1.807) is 18.5 Å². The van der Waals surface area contributed by atoms with Gasteiger partial charge in [0.25, 0.3) is 5.56 Å². The molecule has 36 heavy (non-hydrogen) atoms. The summed E-state index contributed by atoms with van der Waals surface area (Å²) < 4.78 is 7.22. The van der Waals surface area contributed by atoms with E-state index in [1.807, 2.05) is 57.2 Å². The summed E-state index contributed by atoms with van der Waals surface area (Å²) in [6.45, 7) is 5.93. The number of nitrogens with one attached hydrogen (secondary N) is 1. The molecule has 0 spiro atoms. The van der Waals surface area contributed by atoms with Crippen LogP contribution in [0.3, 0.4) is 0 Å². The lowest BCUT2D eigenvalue weighted by molar-refractivity contribution is 0.0838.